The van der Waals surface area contributed by atoms with Crippen LogP contribution in [0.4, 0.5) is 5.69 Å². The van der Waals surface area contributed by atoms with Crippen LogP contribution in [-0.4, -0.2) is 66.3 Å². The molecule has 0 saturated carbocycles. The number of aliphatic hydroxyl groups excluding tert-OH is 1. The van der Waals surface area contributed by atoms with E-state index in [4.69, 9.17) is 42.8 Å². The van der Waals surface area contributed by atoms with E-state index in [1.807, 2.05) is 30.3 Å². The zero-order valence-electron chi connectivity index (χ0n) is 26.3. The van der Waals surface area contributed by atoms with Gasteiger partial charge in [-0.15, -0.1) is 0 Å². The van der Waals surface area contributed by atoms with Crippen LogP contribution in [0, 0.1) is 0 Å². The first-order valence-corrected chi connectivity index (χ1v) is 16.5. The summed E-state index contributed by atoms with van der Waals surface area (Å²) in [7, 11) is 1.58. The molecule has 2 atom stereocenters. The molecular weight excluding hydrogens is 655 g/mol. The second kappa shape index (κ2) is 15.3. The summed E-state index contributed by atoms with van der Waals surface area (Å²) >= 11 is 13.9. The number of carbonyl (C=O) groups excluding carboxylic acids is 2. The van der Waals surface area contributed by atoms with Gasteiger partial charge in [0.25, 0.3) is 5.91 Å². The van der Waals surface area contributed by atoms with E-state index < -0.39 is 5.91 Å². The minimum atomic E-state index is -0.406. The van der Waals surface area contributed by atoms with Crippen molar-refractivity contribution in [3.05, 3.63) is 87.7 Å². The summed E-state index contributed by atoms with van der Waals surface area (Å²) in [6, 6.07) is 16.3. The molecule has 0 bridgehead atoms. The van der Waals surface area contributed by atoms with E-state index in [2.05, 4.69) is 26.3 Å². The van der Waals surface area contributed by atoms with Crippen molar-refractivity contribution in [1.29, 1.82) is 0 Å². The van der Waals surface area contributed by atoms with E-state index in [9.17, 15) is 9.59 Å². The molecular formula is C35H36Cl2N6O5. The van der Waals surface area contributed by atoms with Crippen molar-refractivity contribution >= 4 is 40.7 Å². The lowest BCUT2D eigenvalue weighted by molar-refractivity contribution is -0.119. The third-order valence-electron chi connectivity index (χ3n) is 8.39. The van der Waals surface area contributed by atoms with Gasteiger partial charge < -0.3 is 35.8 Å². The molecule has 0 radical (unpaired) electrons. The molecule has 5 N–H and O–H groups in total. The Kier molecular flexibility index (Phi) is 10.7. The first-order chi connectivity index (χ1) is 23.4. The highest BCUT2D eigenvalue weighted by molar-refractivity contribution is 6.39. The van der Waals surface area contributed by atoms with Gasteiger partial charge in [-0.3, -0.25) is 14.6 Å². The summed E-state index contributed by atoms with van der Waals surface area (Å²) in [6.07, 6.45) is 3.88. The van der Waals surface area contributed by atoms with Crippen LogP contribution in [0.5, 0.6) is 11.6 Å². The number of hydrogen-bond acceptors (Lipinski definition) is 9. The number of benzene rings is 2. The summed E-state index contributed by atoms with van der Waals surface area (Å²) in [5.74, 6) is 0.808. The highest BCUT2D eigenvalue weighted by Crippen LogP contribution is 2.45. The van der Waals surface area contributed by atoms with Gasteiger partial charge in [0.15, 0.2) is 0 Å². The topological polar surface area (TPSA) is 147 Å². The van der Waals surface area contributed by atoms with Crippen LogP contribution < -0.4 is 30.7 Å². The number of nitrogens with one attached hydrogen (secondary N) is 4. The Morgan fingerprint density at radius 2 is 1.88 bits per heavy atom. The number of aromatic nitrogens is 2. The Bertz CT molecular complexity index is 1810. The number of aliphatic hydroxyl groups is 1. The van der Waals surface area contributed by atoms with Gasteiger partial charge >= 0.3 is 0 Å². The lowest BCUT2D eigenvalue weighted by atomic mass is 9.99. The second-order valence-electron chi connectivity index (χ2n) is 11.6. The maximum atomic E-state index is 13.0. The number of fused-ring (bicyclic) bond motifs is 1. The first-order valence-electron chi connectivity index (χ1n) is 15.8. The van der Waals surface area contributed by atoms with Crippen molar-refractivity contribution in [2.45, 2.75) is 37.9 Å². The first kappa shape index (κ1) is 33.6. The fraction of sp³-hybridized carbons (Fsp3) is 0.314. The van der Waals surface area contributed by atoms with Gasteiger partial charge in [-0.1, -0.05) is 59.6 Å². The predicted octanol–water partition coefficient (Wildman–Crippen LogP) is 5.15. The number of nitrogens with zero attached hydrogens (tertiary/aromatic N) is 2. The zero-order chi connectivity index (χ0) is 33.6. The summed E-state index contributed by atoms with van der Waals surface area (Å²) in [5.41, 5.74) is 4.92. The third kappa shape index (κ3) is 7.40. The molecule has 2 amide bonds. The number of rotatable bonds is 13. The largest absolute Gasteiger partial charge is 0.491 e. The Morgan fingerprint density at radius 1 is 1.08 bits per heavy atom. The van der Waals surface area contributed by atoms with Crippen molar-refractivity contribution in [2.24, 2.45) is 0 Å². The van der Waals surface area contributed by atoms with Gasteiger partial charge in [-0.05, 0) is 37.1 Å². The SMILES string of the molecule is COc1nc(-c2cccc(-c3cccc(NC(=O)c4ccc(CNCCO)cn4)c3Cl)c2Cl)cc2c1[C@@H](NCC[C@@H]1CCC(=O)N1)CO2. The smallest absolute Gasteiger partial charge is 0.274 e. The maximum absolute atomic E-state index is 13.0. The van der Waals surface area contributed by atoms with Crippen molar-refractivity contribution < 1.29 is 24.2 Å². The Morgan fingerprint density at radius 3 is 2.60 bits per heavy atom. The number of ether oxygens (including phenoxy) is 2. The van der Waals surface area contributed by atoms with Crippen LogP contribution in [-0.2, 0) is 11.3 Å². The molecule has 4 heterocycles. The van der Waals surface area contributed by atoms with E-state index in [0.717, 1.165) is 24.0 Å². The summed E-state index contributed by atoms with van der Waals surface area (Å²) in [6.45, 7) is 2.19. The van der Waals surface area contributed by atoms with Crippen molar-refractivity contribution in [1.82, 2.24) is 25.9 Å². The number of anilines is 1. The van der Waals surface area contributed by atoms with Crippen LogP contribution in [0.3, 0.4) is 0 Å². The number of carbonyl (C=O) groups is 2. The lowest BCUT2D eigenvalue weighted by Crippen LogP contribution is -2.31. The van der Waals surface area contributed by atoms with Crippen LogP contribution in [0.15, 0.2) is 60.8 Å². The van der Waals surface area contributed by atoms with Crippen LogP contribution >= 0.6 is 23.2 Å². The molecule has 6 rings (SSSR count). The fourth-order valence-electron chi connectivity index (χ4n) is 5.92. The quantitative estimate of drug-likeness (QED) is 0.120. The summed E-state index contributed by atoms with van der Waals surface area (Å²) in [5, 5.41) is 22.1. The standard InChI is InChI=1S/C35H36Cl2N6O5/c1-47-35-31-28(39-13-12-21-9-11-30(45)41-21)19-48-29(31)16-27(43-35)24-6-2-4-22(32(24)36)23-5-3-7-25(33(23)37)42-34(46)26-10-8-20(18-40-26)17-38-14-15-44/h2-8,10,16,18,21,28,38-39,44H,9,11-15,17,19H2,1H3,(H,41,45)(H,42,46)/t21-,28-/m0/s1. The highest BCUT2D eigenvalue weighted by atomic mass is 35.5. The average molecular weight is 692 g/mol. The lowest BCUT2D eigenvalue weighted by Gasteiger charge is -2.17. The number of hydrogen-bond donors (Lipinski definition) is 5. The van der Waals surface area contributed by atoms with Gasteiger partial charge in [0.2, 0.25) is 11.8 Å². The van der Waals surface area contributed by atoms with E-state index >= 15 is 0 Å². The minimum absolute atomic E-state index is 0.0433. The molecule has 1 fully saturated rings. The van der Waals surface area contributed by atoms with Crippen molar-refractivity contribution in [3.63, 3.8) is 0 Å². The third-order valence-corrected chi connectivity index (χ3v) is 9.20. The maximum Gasteiger partial charge on any atom is 0.274 e. The van der Waals surface area contributed by atoms with Gasteiger partial charge in [-0.2, -0.15) is 0 Å². The molecule has 250 valence electrons. The highest BCUT2D eigenvalue weighted by Gasteiger charge is 2.31. The van der Waals surface area contributed by atoms with Crippen LogP contribution in [0.2, 0.25) is 10.0 Å². The van der Waals surface area contributed by atoms with Crippen molar-refractivity contribution in [2.75, 3.05) is 38.7 Å². The Labute approximate surface area is 288 Å². The van der Waals surface area contributed by atoms with E-state index in [1.165, 1.54) is 0 Å². The Balaban J connectivity index is 1.20. The Hall–Kier alpha value is -4.26. The van der Waals surface area contributed by atoms with E-state index in [1.54, 1.807) is 37.6 Å². The van der Waals surface area contributed by atoms with Gasteiger partial charge in [0.05, 0.1) is 46.7 Å². The molecule has 48 heavy (non-hydrogen) atoms. The normalized spacial score (nSPS) is 16.7. The van der Waals surface area contributed by atoms with Crippen molar-refractivity contribution in [3.8, 4) is 34.0 Å². The molecule has 2 aromatic heterocycles. The second-order valence-corrected chi connectivity index (χ2v) is 12.3. The number of methoxy groups -OCH3 is 1. The number of halogens is 2. The molecule has 11 nitrogen and oxygen atoms in total. The molecule has 1 saturated heterocycles. The van der Waals surface area contributed by atoms with E-state index in [-0.39, 0.29) is 30.3 Å². The molecule has 2 aliphatic heterocycles. The summed E-state index contributed by atoms with van der Waals surface area (Å²) < 4.78 is 11.8. The number of amides is 2. The molecule has 13 heteroatoms. The molecule has 4 aromatic rings. The van der Waals surface area contributed by atoms with Crippen LogP contribution in [0.1, 0.15) is 46.9 Å². The molecule has 0 aliphatic carbocycles. The molecule has 2 aliphatic rings. The van der Waals surface area contributed by atoms with Gasteiger partial charge in [-0.25, -0.2) is 4.98 Å². The monoisotopic (exact) mass is 690 g/mol. The fourth-order valence-corrected chi connectivity index (χ4v) is 6.52. The molecule has 0 unspecified atom stereocenters. The minimum Gasteiger partial charge on any atom is -0.491 e. The molecule has 2 aromatic carbocycles. The summed E-state index contributed by atoms with van der Waals surface area (Å²) in [4.78, 5) is 33.7. The number of pyridine rings is 2. The average Bonchev–Trinajstić information content (AvgIpc) is 3.71. The van der Waals surface area contributed by atoms with Gasteiger partial charge in [0, 0.05) is 54.5 Å². The predicted molar refractivity (Wildman–Crippen MR) is 185 cm³/mol. The molecule has 0 spiro atoms. The van der Waals surface area contributed by atoms with Crippen LogP contribution in [0.25, 0.3) is 22.4 Å². The van der Waals surface area contributed by atoms with E-state index in [0.29, 0.717) is 82.4 Å². The zero-order valence-corrected chi connectivity index (χ0v) is 27.8. The van der Waals surface area contributed by atoms with Gasteiger partial charge in [0.1, 0.15) is 18.1 Å².